The molecule has 3 heterocycles. The number of fused-ring (bicyclic) bond motifs is 4. The van der Waals surface area contributed by atoms with Gasteiger partial charge in [-0.25, -0.2) is 4.39 Å². The van der Waals surface area contributed by atoms with Gasteiger partial charge in [-0.15, -0.1) is 0 Å². The molecule has 0 saturated carbocycles. The number of nitrogens with one attached hydrogen (secondary N) is 1. The maximum Gasteiger partial charge on any atom is 0.256 e. The molecule has 0 aromatic heterocycles. The van der Waals surface area contributed by atoms with E-state index in [-0.39, 0.29) is 29.3 Å². The van der Waals surface area contributed by atoms with Crippen LogP contribution in [0.4, 0.5) is 10.1 Å². The highest BCUT2D eigenvalue weighted by Crippen LogP contribution is 2.58. The Bertz CT molecular complexity index is 1330. The second-order valence-corrected chi connectivity index (χ2v) is 9.34. The normalized spacial score (nSPS) is 27.0. The van der Waals surface area contributed by atoms with Crippen molar-refractivity contribution in [3.8, 4) is 5.75 Å². The Labute approximate surface area is 201 Å². The molecule has 178 valence electrons. The van der Waals surface area contributed by atoms with Crippen LogP contribution in [-0.2, 0) is 16.9 Å². The molecule has 0 bridgehead atoms. The first-order valence-corrected chi connectivity index (χ1v) is 11.8. The lowest BCUT2D eigenvalue weighted by Crippen LogP contribution is -2.55. The summed E-state index contributed by atoms with van der Waals surface area (Å²) < 4.78 is 20.3. The molecule has 0 aliphatic carbocycles. The summed E-state index contributed by atoms with van der Waals surface area (Å²) in [5, 5.41) is 15.7. The number of para-hydroxylation sites is 2. The van der Waals surface area contributed by atoms with Gasteiger partial charge in [0.2, 0.25) is 0 Å². The second-order valence-electron chi connectivity index (χ2n) is 9.34. The van der Waals surface area contributed by atoms with E-state index >= 15 is 0 Å². The number of amides is 1. The molecule has 8 heteroatoms. The van der Waals surface area contributed by atoms with E-state index in [0.29, 0.717) is 34.7 Å². The minimum Gasteiger partial charge on any atom is -0.488 e. The molecule has 3 aliphatic heterocycles. The van der Waals surface area contributed by atoms with E-state index in [1.165, 1.54) is 6.07 Å². The lowest BCUT2D eigenvalue weighted by Gasteiger charge is -2.32. The molecular formula is C27H24FN3O4. The molecule has 6 rings (SSSR count). The van der Waals surface area contributed by atoms with Crippen molar-refractivity contribution >= 4 is 11.6 Å². The minimum absolute atomic E-state index is 0.00236. The fraction of sp³-hybridized carbons (Fsp3) is 0.296. The molecule has 2 fully saturated rings. The molecule has 1 amide bonds. The molecule has 3 aromatic carbocycles. The fourth-order valence-corrected chi connectivity index (χ4v) is 6.41. The highest BCUT2D eigenvalue weighted by Gasteiger charge is 2.73. The maximum absolute atomic E-state index is 14.2. The summed E-state index contributed by atoms with van der Waals surface area (Å²) in [6.45, 7) is 0.605. The van der Waals surface area contributed by atoms with E-state index in [1.54, 1.807) is 36.4 Å². The Morgan fingerprint density at radius 2 is 1.83 bits per heavy atom. The quantitative estimate of drug-likeness (QED) is 0.437. The number of nitro groups is 1. The minimum atomic E-state index is -1.38. The van der Waals surface area contributed by atoms with Gasteiger partial charge in [0.1, 0.15) is 18.2 Å². The number of hydrogen-bond donors (Lipinski definition) is 1. The average Bonchev–Trinajstić information content (AvgIpc) is 3.52. The number of nitrogens with zero attached hydrogens (tertiary/aromatic N) is 2. The number of rotatable bonds is 5. The summed E-state index contributed by atoms with van der Waals surface area (Å²) in [6, 6.07) is 19.5. The zero-order valence-electron chi connectivity index (χ0n) is 18.9. The van der Waals surface area contributed by atoms with Crippen LogP contribution in [0.1, 0.15) is 35.4 Å². The van der Waals surface area contributed by atoms with Crippen LogP contribution in [0.15, 0.2) is 72.8 Å². The van der Waals surface area contributed by atoms with Gasteiger partial charge in [0.05, 0.1) is 5.92 Å². The van der Waals surface area contributed by atoms with Gasteiger partial charge in [-0.1, -0.05) is 54.6 Å². The van der Waals surface area contributed by atoms with Crippen molar-refractivity contribution in [1.29, 1.82) is 0 Å². The van der Waals surface area contributed by atoms with Gasteiger partial charge < -0.3 is 10.1 Å². The van der Waals surface area contributed by atoms with Crippen LogP contribution in [0.25, 0.3) is 0 Å². The van der Waals surface area contributed by atoms with Crippen molar-refractivity contribution in [2.45, 2.75) is 43.0 Å². The molecule has 3 aromatic rings. The summed E-state index contributed by atoms with van der Waals surface area (Å²) in [5.74, 6) is -0.807. The van der Waals surface area contributed by atoms with Crippen molar-refractivity contribution in [2.24, 2.45) is 0 Å². The fourth-order valence-electron chi connectivity index (χ4n) is 6.41. The number of ether oxygens (including phenoxy) is 1. The Balaban J connectivity index is 1.46. The largest absolute Gasteiger partial charge is 0.488 e. The zero-order valence-corrected chi connectivity index (χ0v) is 18.9. The summed E-state index contributed by atoms with van der Waals surface area (Å²) in [6.07, 6.45) is 1.59. The predicted molar refractivity (Wildman–Crippen MR) is 127 cm³/mol. The van der Waals surface area contributed by atoms with Crippen molar-refractivity contribution in [1.82, 2.24) is 4.90 Å². The van der Waals surface area contributed by atoms with Crippen LogP contribution in [0.3, 0.4) is 0 Å². The van der Waals surface area contributed by atoms with Crippen LogP contribution in [-0.4, -0.2) is 34.4 Å². The summed E-state index contributed by atoms with van der Waals surface area (Å²) in [5.41, 5.74) is 0.981. The van der Waals surface area contributed by atoms with Crippen molar-refractivity contribution < 1.29 is 18.8 Å². The van der Waals surface area contributed by atoms with Gasteiger partial charge >= 0.3 is 0 Å². The van der Waals surface area contributed by atoms with Gasteiger partial charge in [-0.2, -0.15) is 0 Å². The topological polar surface area (TPSA) is 84.7 Å². The molecule has 4 atom stereocenters. The van der Waals surface area contributed by atoms with E-state index in [9.17, 15) is 19.3 Å². The smallest absolute Gasteiger partial charge is 0.256 e. The van der Waals surface area contributed by atoms with Crippen molar-refractivity contribution in [3.63, 3.8) is 0 Å². The van der Waals surface area contributed by atoms with E-state index < -0.39 is 17.5 Å². The van der Waals surface area contributed by atoms with E-state index in [0.717, 1.165) is 12.8 Å². The third-order valence-corrected chi connectivity index (χ3v) is 7.71. The Hall–Kier alpha value is -3.78. The molecule has 3 aliphatic rings. The van der Waals surface area contributed by atoms with Gasteiger partial charge in [0, 0.05) is 39.9 Å². The highest BCUT2D eigenvalue weighted by atomic mass is 19.1. The first kappa shape index (κ1) is 21.7. The zero-order chi connectivity index (χ0) is 24.2. The van der Waals surface area contributed by atoms with E-state index in [2.05, 4.69) is 5.32 Å². The van der Waals surface area contributed by atoms with Gasteiger partial charge in [0.15, 0.2) is 5.54 Å². The molecule has 7 nitrogen and oxygen atoms in total. The number of anilines is 1. The van der Waals surface area contributed by atoms with Gasteiger partial charge in [-0.05, 0) is 31.0 Å². The van der Waals surface area contributed by atoms with Crippen LogP contribution in [0, 0.1) is 15.9 Å². The van der Waals surface area contributed by atoms with Crippen molar-refractivity contribution in [2.75, 3.05) is 11.9 Å². The Kier molecular flexibility index (Phi) is 5.07. The van der Waals surface area contributed by atoms with E-state index in [1.807, 2.05) is 35.2 Å². The first-order valence-electron chi connectivity index (χ1n) is 11.8. The number of halogens is 1. The lowest BCUT2D eigenvalue weighted by molar-refractivity contribution is -0.534. The standard InChI is InChI=1S/C27H24FN3O4/c28-20-11-4-1-8-17(20)16-35-23-14-6-2-9-18(23)24-22-13-7-15-30(22)27(25(24)31(33)34)19-10-3-5-12-21(19)29-26(27)32/h1-6,8-12,14,22,24-25H,7,13,15-16H2,(H,29,32)/t22-,24-,25+,27-/m0/s1. The molecule has 1 spiro atoms. The number of benzene rings is 3. The van der Waals surface area contributed by atoms with Crippen molar-refractivity contribution in [3.05, 3.63) is 105 Å². The monoisotopic (exact) mass is 473 g/mol. The lowest BCUT2D eigenvalue weighted by atomic mass is 9.77. The molecule has 2 saturated heterocycles. The molecule has 1 N–H and O–H groups in total. The Morgan fingerprint density at radius 1 is 1.09 bits per heavy atom. The number of carbonyl (C=O) groups is 1. The molecule has 0 unspecified atom stereocenters. The predicted octanol–water partition coefficient (Wildman–Crippen LogP) is 4.46. The van der Waals surface area contributed by atoms with Gasteiger partial charge in [0.25, 0.3) is 11.9 Å². The average molecular weight is 474 g/mol. The van der Waals surface area contributed by atoms with Crippen LogP contribution in [0.2, 0.25) is 0 Å². The summed E-state index contributed by atoms with van der Waals surface area (Å²) in [7, 11) is 0. The van der Waals surface area contributed by atoms with Gasteiger partial charge in [-0.3, -0.25) is 19.8 Å². The molecule has 0 radical (unpaired) electrons. The maximum atomic E-state index is 14.2. The number of hydrogen-bond acceptors (Lipinski definition) is 5. The summed E-state index contributed by atoms with van der Waals surface area (Å²) in [4.78, 5) is 28.1. The first-order chi connectivity index (χ1) is 17.0. The molecular weight excluding hydrogens is 449 g/mol. The second kappa shape index (κ2) is 8.16. The van der Waals surface area contributed by atoms with Crippen LogP contribution >= 0.6 is 0 Å². The highest BCUT2D eigenvalue weighted by molar-refractivity contribution is 6.07. The number of carbonyl (C=O) groups excluding carboxylic acids is 1. The van der Waals surface area contributed by atoms with Crippen LogP contribution < -0.4 is 10.1 Å². The van der Waals surface area contributed by atoms with E-state index in [4.69, 9.17) is 4.74 Å². The third kappa shape index (κ3) is 3.09. The summed E-state index contributed by atoms with van der Waals surface area (Å²) >= 11 is 0. The Morgan fingerprint density at radius 3 is 2.66 bits per heavy atom. The third-order valence-electron chi connectivity index (χ3n) is 7.71. The SMILES string of the molecule is O=C1Nc2ccccc2[C@]12[C@H]([N+](=O)[O-])[C@@H](c1ccccc1OCc1ccccc1F)[C@@H]1CCCN12. The molecule has 35 heavy (non-hydrogen) atoms. The van der Waals surface area contributed by atoms with Crippen LogP contribution in [0.5, 0.6) is 5.75 Å².